The molecular weight excluding hydrogens is 186 g/mol. The van der Waals surface area contributed by atoms with Crippen LogP contribution < -0.4 is 5.32 Å². The fourth-order valence-electron chi connectivity index (χ4n) is 3.34. The summed E-state index contributed by atoms with van der Waals surface area (Å²) in [5, 5.41) is 3.76. The average Bonchev–Trinajstić information content (AvgIpc) is 2.81. The van der Waals surface area contributed by atoms with Gasteiger partial charge in [0, 0.05) is 24.1 Å². The van der Waals surface area contributed by atoms with Gasteiger partial charge in [-0.25, -0.2) is 0 Å². The van der Waals surface area contributed by atoms with Gasteiger partial charge >= 0.3 is 0 Å². The van der Waals surface area contributed by atoms with Crippen molar-refractivity contribution in [3.05, 3.63) is 23.7 Å². The average molecular weight is 205 g/mol. The zero-order valence-corrected chi connectivity index (χ0v) is 9.55. The van der Waals surface area contributed by atoms with Gasteiger partial charge in [0.15, 0.2) is 0 Å². The lowest BCUT2D eigenvalue weighted by atomic mass is 9.79. The number of rotatable bonds is 2. The molecule has 15 heavy (non-hydrogen) atoms. The molecule has 1 saturated carbocycles. The molecule has 1 aliphatic heterocycles. The Hall–Kier alpha value is -0.760. The molecule has 3 atom stereocenters. The smallest absolute Gasteiger partial charge is 0.110 e. The lowest BCUT2D eigenvalue weighted by Gasteiger charge is -2.38. The van der Waals surface area contributed by atoms with Gasteiger partial charge in [0.25, 0.3) is 0 Å². The number of fused-ring (bicyclic) bond motifs is 1. The summed E-state index contributed by atoms with van der Waals surface area (Å²) in [5.74, 6) is 2.91. The topological polar surface area (TPSA) is 25.2 Å². The Kier molecular flexibility index (Phi) is 1.96. The van der Waals surface area contributed by atoms with Crippen molar-refractivity contribution in [1.29, 1.82) is 0 Å². The monoisotopic (exact) mass is 205 g/mol. The lowest BCUT2D eigenvalue weighted by molar-refractivity contribution is 0.241. The maximum atomic E-state index is 5.59. The quantitative estimate of drug-likeness (QED) is 0.803. The molecule has 2 nitrogen and oxygen atoms in total. The van der Waals surface area contributed by atoms with Crippen LogP contribution in [0.25, 0.3) is 0 Å². The van der Waals surface area contributed by atoms with Crippen molar-refractivity contribution in [1.82, 2.24) is 5.32 Å². The third kappa shape index (κ3) is 1.21. The van der Waals surface area contributed by atoms with Crippen molar-refractivity contribution in [3.63, 3.8) is 0 Å². The van der Waals surface area contributed by atoms with E-state index in [0.717, 1.165) is 24.8 Å². The molecule has 0 bridgehead atoms. The minimum Gasteiger partial charge on any atom is -0.469 e. The zero-order chi connectivity index (χ0) is 10.5. The fourth-order valence-corrected chi connectivity index (χ4v) is 3.34. The van der Waals surface area contributed by atoms with E-state index in [2.05, 4.69) is 25.2 Å². The molecule has 0 amide bonds. The third-order valence-electron chi connectivity index (χ3n) is 4.32. The maximum absolute atomic E-state index is 5.59. The van der Waals surface area contributed by atoms with Crippen LogP contribution in [0.1, 0.15) is 38.0 Å². The van der Waals surface area contributed by atoms with Crippen molar-refractivity contribution in [2.75, 3.05) is 6.54 Å². The molecule has 0 aromatic carbocycles. The molecule has 82 valence electrons. The number of furan rings is 1. The molecule has 1 aliphatic carbocycles. The predicted molar refractivity (Wildman–Crippen MR) is 59.7 cm³/mol. The molecule has 3 rings (SSSR count). The molecule has 3 unspecified atom stereocenters. The highest BCUT2D eigenvalue weighted by atomic mass is 16.3. The number of nitrogens with one attached hydrogen (secondary N) is 1. The van der Waals surface area contributed by atoms with Crippen LogP contribution in [0.15, 0.2) is 16.7 Å². The van der Waals surface area contributed by atoms with Crippen LogP contribution in [-0.4, -0.2) is 6.54 Å². The summed E-state index contributed by atoms with van der Waals surface area (Å²) >= 11 is 0. The second kappa shape index (κ2) is 3.11. The molecule has 1 N–H and O–H groups in total. The van der Waals surface area contributed by atoms with Crippen LogP contribution >= 0.6 is 0 Å². The van der Waals surface area contributed by atoms with Crippen LogP contribution in [-0.2, 0) is 12.0 Å². The molecule has 1 aromatic heterocycles. The van der Waals surface area contributed by atoms with Gasteiger partial charge in [-0.15, -0.1) is 0 Å². The van der Waals surface area contributed by atoms with Crippen LogP contribution in [0.2, 0.25) is 0 Å². The first kappa shape index (κ1) is 9.46. The predicted octanol–water partition coefficient (Wildman–Crippen LogP) is 2.69. The van der Waals surface area contributed by atoms with E-state index in [4.69, 9.17) is 4.42 Å². The van der Waals surface area contributed by atoms with Crippen molar-refractivity contribution in [2.45, 2.75) is 38.6 Å². The maximum Gasteiger partial charge on any atom is 0.110 e. The Morgan fingerprint density at radius 2 is 2.40 bits per heavy atom. The van der Waals surface area contributed by atoms with Gasteiger partial charge in [-0.3, -0.25) is 0 Å². The van der Waals surface area contributed by atoms with E-state index in [0.29, 0.717) is 0 Å². The Labute approximate surface area is 91.0 Å². The minimum absolute atomic E-state index is 0.222. The summed E-state index contributed by atoms with van der Waals surface area (Å²) in [4.78, 5) is 0. The number of hydrogen-bond donors (Lipinski definition) is 1. The zero-order valence-electron chi connectivity index (χ0n) is 9.55. The summed E-state index contributed by atoms with van der Waals surface area (Å²) in [7, 11) is 0. The summed E-state index contributed by atoms with van der Waals surface area (Å²) in [6, 6.07) is 2.18. The van der Waals surface area contributed by atoms with Gasteiger partial charge in [-0.05, 0) is 30.7 Å². The van der Waals surface area contributed by atoms with Crippen LogP contribution in [0.4, 0.5) is 0 Å². The Morgan fingerprint density at radius 1 is 1.60 bits per heavy atom. The van der Waals surface area contributed by atoms with Crippen molar-refractivity contribution in [2.24, 2.45) is 11.8 Å². The van der Waals surface area contributed by atoms with E-state index in [1.54, 1.807) is 0 Å². The number of hydrogen-bond acceptors (Lipinski definition) is 2. The van der Waals surface area contributed by atoms with Gasteiger partial charge in [0.1, 0.15) is 5.76 Å². The standard InChI is InChI=1S/C13H19NO/c1-3-13(11-8-9(11)2)10-5-7-15-12(10)4-6-14-13/h5,7,9,11,14H,3-4,6,8H2,1-2H3. The van der Waals surface area contributed by atoms with Crippen LogP contribution in [0.3, 0.4) is 0 Å². The SMILES string of the molecule is CCC1(C2CC2C)NCCc2occc21. The second-order valence-corrected chi connectivity index (χ2v) is 5.08. The summed E-state index contributed by atoms with van der Waals surface area (Å²) in [6.45, 7) is 5.72. The van der Waals surface area contributed by atoms with E-state index in [-0.39, 0.29) is 5.54 Å². The molecule has 2 heterocycles. The lowest BCUT2D eigenvalue weighted by Crippen LogP contribution is -2.48. The van der Waals surface area contributed by atoms with Crippen molar-refractivity contribution < 1.29 is 4.42 Å². The van der Waals surface area contributed by atoms with Gasteiger partial charge in [0.2, 0.25) is 0 Å². The highest BCUT2D eigenvalue weighted by Crippen LogP contribution is 2.53. The Balaban J connectivity index is 2.04. The first-order valence-corrected chi connectivity index (χ1v) is 6.10. The van der Waals surface area contributed by atoms with E-state index in [9.17, 15) is 0 Å². The van der Waals surface area contributed by atoms with E-state index in [1.165, 1.54) is 24.2 Å². The molecule has 1 aromatic rings. The highest BCUT2D eigenvalue weighted by molar-refractivity contribution is 5.33. The molecule has 0 spiro atoms. The van der Waals surface area contributed by atoms with E-state index >= 15 is 0 Å². The van der Waals surface area contributed by atoms with Gasteiger partial charge in [-0.2, -0.15) is 0 Å². The van der Waals surface area contributed by atoms with Crippen molar-refractivity contribution in [3.8, 4) is 0 Å². The van der Waals surface area contributed by atoms with Crippen molar-refractivity contribution >= 4 is 0 Å². The fraction of sp³-hybridized carbons (Fsp3) is 0.692. The minimum atomic E-state index is 0.222. The summed E-state index contributed by atoms with van der Waals surface area (Å²) in [6.07, 6.45) is 5.44. The normalized spacial score (nSPS) is 38.8. The highest BCUT2D eigenvalue weighted by Gasteiger charge is 2.52. The molecular formula is C13H19NO. The molecule has 1 fully saturated rings. The second-order valence-electron chi connectivity index (χ2n) is 5.08. The summed E-state index contributed by atoms with van der Waals surface area (Å²) < 4.78 is 5.59. The van der Waals surface area contributed by atoms with Crippen LogP contribution in [0.5, 0.6) is 0 Å². The first-order chi connectivity index (χ1) is 7.28. The largest absolute Gasteiger partial charge is 0.469 e. The Morgan fingerprint density at radius 3 is 3.07 bits per heavy atom. The Bertz CT molecular complexity index is 370. The van der Waals surface area contributed by atoms with Gasteiger partial charge in [0.05, 0.1) is 6.26 Å². The van der Waals surface area contributed by atoms with E-state index < -0.39 is 0 Å². The van der Waals surface area contributed by atoms with E-state index in [1.807, 2.05) is 6.26 Å². The molecule has 0 radical (unpaired) electrons. The first-order valence-electron chi connectivity index (χ1n) is 6.10. The molecule has 2 heteroatoms. The third-order valence-corrected chi connectivity index (χ3v) is 4.32. The molecule has 2 aliphatic rings. The summed E-state index contributed by atoms with van der Waals surface area (Å²) in [5.41, 5.74) is 1.66. The van der Waals surface area contributed by atoms with Gasteiger partial charge < -0.3 is 9.73 Å². The van der Waals surface area contributed by atoms with Crippen LogP contribution in [0, 0.1) is 11.8 Å². The van der Waals surface area contributed by atoms with Gasteiger partial charge in [-0.1, -0.05) is 13.8 Å². The molecule has 0 saturated heterocycles.